The number of aliphatic carboxylic acids is 1. The van der Waals surface area contributed by atoms with Crippen molar-refractivity contribution < 1.29 is 29.0 Å². The van der Waals surface area contributed by atoms with Crippen LogP contribution in [-0.2, 0) is 14.0 Å². The monoisotopic (exact) mass is 709 g/mol. The van der Waals surface area contributed by atoms with Gasteiger partial charge in [-0.05, 0) is 53.5 Å². The molecule has 0 saturated carbocycles. The normalized spacial score (nSPS) is 17.8. The molecule has 1 saturated heterocycles. The lowest BCUT2D eigenvalue weighted by molar-refractivity contribution is -0.155. The van der Waals surface area contributed by atoms with Gasteiger partial charge in [0, 0.05) is 18.9 Å². The van der Waals surface area contributed by atoms with Crippen molar-refractivity contribution in [1.82, 2.24) is 4.90 Å². The van der Waals surface area contributed by atoms with Crippen LogP contribution < -0.4 is 15.9 Å². The third kappa shape index (κ3) is 6.95. The molecule has 262 valence electrons. The van der Waals surface area contributed by atoms with Crippen LogP contribution in [0.25, 0.3) is 0 Å². The number of aliphatic hydroxyl groups excluding tert-OH is 1. The zero-order valence-electron chi connectivity index (χ0n) is 29.9. The number of Topliss-reactive ketones (excluding diaryl/α,β-unsaturated/α-hetero) is 1. The van der Waals surface area contributed by atoms with E-state index in [4.69, 9.17) is 4.43 Å². The van der Waals surface area contributed by atoms with E-state index in [1.807, 2.05) is 97.9 Å². The molecule has 1 fully saturated rings. The van der Waals surface area contributed by atoms with Crippen LogP contribution in [-0.4, -0.2) is 58.7 Å². The Morgan fingerprint density at radius 2 is 1.24 bits per heavy atom. The summed E-state index contributed by atoms with van der Waals surface area (Å²) in [5, 5.41) is 23.6. The quantitative estimate of drug-likeness (QED) is 0.0730. The molecule has 2 N–H and O–H groups in total. The fourth-order valence-electron chi connectivity index (χ4n) is 6.71. The Labute approximate surface area is 297 Å². The van der Waals surface area contributed by atoms with Gasteiger partial charge in [0.1, 0.15) is 5.42 Å². The van der Waals surface area contributed by atoms with Crippen LogP contribution in [0.3, 0.4) is 0 Å². The van der Waals surface area contributed by atoms with Gasteiger partial charge in [0.2, 0.25) is 5.91 Å². The summed E-state index contributed by atoms with van der Waals surface area (Å²) in [5.41, 5.74) is 1.09. The van der Waals surface area contributed by atoms with Gasteiger partial charge in [0.15, 0.2) is 14.1 Å². The average molecular weight is 710 g/mol. The van der Waals surface area contributed by atoms with Gasteiger partial charge in [-0.15, -0.1) is 0 Å². The second-order valence-corrected chi connectivity index (χ2v) is 22.7. The molecule has 0 radical (unpaired) electrons. The van der Waals surface area contributed by atoms with Crippen molar-refractivity contribution in [3.63, 3.8) is 0 Å². The summed E-state index contributed by atoms with van der Waals surface area (Å²) < 4.78 is 6.77. The second-order valence-electron chi connectivity index (χ2n) is 14.6. The van der Waals surface area contributed by atoms with Crippen molar-refractivity contribution in [2.75, 3.05) is 0 Å². The molecule has 4 aromatic rings. The summed E-state index contributed by atoms with van der Waals surface area (Å²) in [6.07, 6.45) is -1.33. The van der Waals surface area contributed by atoms with Crippen LogP contribution in [0.2, 0.25) is 18.1 Å². The Morgan fingerprint density at radius 1 is 0.800 bits per heavy atom. The molecule has 0 aromatic heterocycles. The van der Waals surface area contributed by atoms with Crippen molar-refractivity contribution >= 4 is 54.2 Å². The fourth-order valence-corrected chi connectivity index (χ4v) is 12.5. The number of carbonyl (C=O) groups excluding carboxylic acids is 2. The lowest BCUT2D eigenvalue weighted by atomic mass is 9.79. The van der Waals surface area contributed by atoms with Crippen LogP contribution >= 0.6 is 6.89 Å². The number of carboxylic acids is 1. The molecular formula is C41H48NO6PSi. The van der Waals surface area contributed by atoms with Crippen LogP contribution in [0.1, 0.15) is 63.1 Å². The van der Waals surface area contributed by atoms with Crippen molar-refractivity contribution in [3.05, 3.63) is 126 Å². The number of β-lactam (4-membered cyclic amide) rings is 1. The number of ketones is 1. The average Bonchev–Trinajstić information content (AvgIpc) is 3.08. The molecule has 7 nitrogen and oxygen atoms in total. The van der Waals surface area contributed by atoms with E-state index in [0.29, 0.717) is 11.1 Å². The molecule has 50 heavy (non-hydrogen) atoms. The summed E-state index contributed by atoms with van der Waals surface area (Å²) in [4.78, 5) is 44.2. The molecule has 4 aromatic carbocycles. The smallest absolute Gasteiger partial charge is 0.353 e. The molecule has 5 rings (SSSR count). The molecule has 1 amide bonds. The van der Waals surface area contributed by atoms with E-state index >= 15 is 0 Å². The number of carbonyl (C=O) groups is 3. The number of rotatable bonds is 12. The van der Waals surface area contributed by atoms with E-state index < -0.39 is 45.3 Å². The molecule has 1 unspecified atom stereocenters. The number of hydrogen-bond donors (Lipinski definition) is 2. The predicted octanol–water partition coefficient (Wildman–Crippen LogP) is 6.76. The van der Waals surface area contributed by atoms with Gasteiger partial charge >= 0.3 is 5.97 Å². The van der Waals surface area contributed by atoms with Crippen LogP contribution in [0.15, 0.2) is 115 Å². The molecule has 0 bridgehead atoms. The van der Waals surface area contributed by atoms with Gasteiger partial charge in [0.25, 0.3) is 0 Å². The maximum Gasteiger partial charge on any atom is 0.353 e. The first-order chi connectivity index (χ1) is 23.6. The summed E-state index contributed by atoms with van der Waals surface area (Å²) >= 11 is 0. The van der Waals surface area contributed by atoms with Gasteiger partial charge in [-0.2, -0.15) is 0 Å². The fraction of sp³-hybridized carbons (Fsp3) is 0.317. The Kier molecular flexibility index (Phi) is 10.9. The van der Waals surface area contributed by atoms with Crippen molar-refractivity contribution in [2.45, 2.75) is 77.4 Å². The molecule has 0 spiro atoms. The third-order valence-electron chi connectivity index (χ3n) is 10.3. The number of likely N-dealkylation sites (tertiary alicyclic amines) is 1. The first-order valence-corrected chi connectivity index (χ1v) is 21.8. The summed E-state index contributed by atoms with van der Waals surface area (Å²) in [5.74, 6) is -2.52. The van der Waals surface area contributed by atoms with Crippen molar-refractivity contribution in [1.29, 1.82) is 0 Å². The molecule has 1 aliphatic heterocycles. The summed E-state index contributed by atoms with van der Waals surface area (Å²) in [7, 11) is -2.35. The minimum absolute atomic E-state index is 0.0240. The van der Waals surface area contributed by atoms with Gasteiger partial charge in [-0.1, -0.05) is 136 Å². The van der Waals surface area contributed by atoms with Crippen LogP contribution in [0, 0.1) is 5.92 Å². The number of amides is 1. The van der Waals surface area contributed by atoms with E-state index in [1.165, 1.54) is 4.90 Å². The van der Waals surface area contributed by atoms with E-state index in [1.54, 1.807) is 31.2 Å². The van der Waals surface area contributed by atoms with Gasteiger partial charge < -0.3 is 19.5 Å². The Morgan fingerprint density at radius 3 is 1.62 bits per heavy atom. The molecule has 1 heterocycles. The lowest BCUT2D eigenvalue weighted by Gasteiger charge is -2.52. The van der Waals surface area contributed by atoms with E-state index in [2.05, 4.69) is 33.9 Å². The van der Waals surface area contributed by atoms with Crippen molar-refractivity contribution in [2.24, 2.45) is 5.92 Å². The first kappa shape index (κ1) is 37.2. The molecular weight excluding hydrogens is 662 g/mol. The molecule has 9 heteroatoms. The minimum atomic E-state index is -3.22. The topological polar surface area (TPSA) is 104 Å². The molecule has 4 atom stereocenters. The SMILES string of the molecule is CC(O)c1ccc(C(=O)C[C@@H]2[C@@H]([C@@H](C)O[Si](C)(C)C(C)(C)C)C(=O)N2C(C(=O)O)=P(c2ccccc2)(c2ccccc2)c2ccccc2)cc1. The van der Waals surface area contributed by atoms with E-state index in [9.17, 15) is 24.6 Å². The minimum Gasteiger partial charge on any atom is -0.477 e. The highest BCUT2D eigenvalue weighted by Gasteiger charge is 2.57. The van der Waals surface area contributed by atoms with Gasteiger partial charge in [-0.25, -0.2) is 4.79 Å². The van der Waals surface area contributed by atoms with Crippen LogP contribution in [0.5, 0.6) is 0 Å². The van der Waals surface area contributed by atoms with E-state index in [0.717, 1.165) is 15.9 Å². The third-order valence-corrected chi connectivity index (χ3v) is 19.2. The second kappa shape index (κ2) is 14.6. The number of carboxylic acid groups (broad SMARTS) is 1. The summed E-state index contributed by atoms with van der Waals surface area (Å²) in [6.45, 7) is 11.0. The number of aliphatic hydroxyl groups is 1. The highest BCUT2D eigenvalue weighted by atomic mass is 31.2. The predicted molar refractivity (Wildman–Crippen MR) is 206 cm³/mol. The van der Waals surface area contributed by atoms with Crippen molar-refractivity contribution in [3.8, 4) is 0 Å². The Hall–Kier alpha value is -4.07. The summed E-state index contributed by atoms with van der Waals surface area (Å²) in [6, 6.07) is 34.7. The number of hydrogen-bond acceptors (Lipinski definition) is 5. The highest BCUT2D eigenvalue weighted by Crippen LogP contribution is 2.50. The Balaban J connectivity index is 1.77. The molecule has 1 aliphatic rings. The maximum atomic E-state index is 14.7. The van der Waals surface area contributed by atoms with Gasteiger partial charge in [0.05, 0.1) is 24.2 Å². The van der Waals surface area contributed by atoms with Crippen LogP contribution in [0.4, 0.5) is 0 Å². The standard InChI is InChI=1S/C41H48NO6PSi/c1-28(43)30-23-25-31(26-24-30)36(44)27-35-37(29(2)48-50(6,7)41(3,4)5)38(45)42(35)39(40(46)47)49(32-17-11-8-12-18-32,33-19-13-9-14-20-33)34-21-15-10-16-22-34/h8-26,28-29,35,37,43H,27H2,1-7H3,(H,46,47)/t28?,29-,35-,37-/m1/s1. The largest absolute Gasteiger partial charge is 0.477 e. The number of nitrogens with zero attached hydrogens (tertiary/aromatic N) is 1. The maximum absolute atomic E-state index is 14.7. The lowest BCUT2D eigenvalue weighted by Crippen LogP contribution is -2.69. The molecule has 0 aliphatic carbocycles. The highest BCUT2D eigenvalue weighted by molar-refractivity contribution is 7.96. The first-order valence-electron chi connectivity index (χ1n) is 17.1. The van der Waals surface area contributed by atoms with Gasteiger partial charge in [-0.3, -0.25) is 9.59 Å². The van der Waals surface area contributed by atoms with E-state index in [-0.39, 0.29) is 28.6 Å². The Bertz CT molecular complexity index is 1780. The zero-order chi connectivity index (χ0) is 36.4. The number of benzene rings is 4. The zero-order valence-corrected chi connectivity index (χ0v) is 31.8.